The Labute approximate surface area is 74.2 Å². The molecule has 1 aromatic rings. The summed E-state index contributed by atoms with van der Waals surface area (Å²) in [5.41, 5.74) is 0.134. The molecule has 0 N–H and O–H groups in total. The molecule has 0 aromatic heterocycles. The largest absolute Gasteiger partial charge is 0.289 e. The van der Waals surface area contributed by atoms with Gasteiger partial charge in [-0.2, -0.15) is 0 Å². The van der Waals surface area contributed by atoms with Gasteiger partial charge in [0.05, 0.1) is 10.6 Å². The third kappa shape index (κ3) is 1.84. The lowest BCUT2D eigenvalue weighted by Gasteiger charge is -1.94. The number of rotatable bonds is 0. The van der Waals surface area contributed by atoms with Gasteiger partial charge in [-0.1, -0.05) is 23.6 Å². The molecule has 0 aliphatic carbocycles. The maximum Gasteiger partial charge on any atom is 0.193 e. The third-order valence-corrected chi connectivity index (χ3v) is 1.51. The molecule has 0 atom stereocenters. The lowest BCUT2D eigenvalue weighted by molar-refractivity contribution is -0.103. The van der Waals surface area contributed by atoms with Gasteiger partial charge in [-0.3, -0.25) is 4.79 Å². The van der Waals surface area contributed by atoms with Crippen LogP contribution in [0, 0.1) is 17.7 Å². The van der Waals surface area contributed by atoms with Gasteiger partial charge in [-0.25, -0.2) is 4.39 Å². The Balaban J connectivity index is 3.16. The molecule has 0 spiro atoms. The van der Waals surface area contributed by atoms with Gasteiger partial charge in [-0.05, 0) is 18.1 Å². The SMILES string of the molecule is O=CC#Cc1cccc(Cl)c1F. The van der Waals surface area contributed by atoms with E-state index in [1.807, 2.05) is 0 Å². The summed E-state index contributed by atoms with van der Waals surface area (Å²) in [6, 6.07) is 4.45. The Hall–Kier alpha value is -1.33. The van der Waals surface area contributed by atoms with Crippen LogP contribution in [-0.2, 0) is 4.79 Å². The first kappa shape index (κ1) is 8.76. The number of carbonyl (C=O) groups excluding carboxylic acids is 1. The minimum absolute atomic E-state index is 0.00713. The van der Waals surface area contributed by atoms with Crippen molar-refractivity contribution in [1.82, 2.24) is 0 Å². The molecule has 0 bridgehead atoms. The first-order valence-electron chi connectivity index (χ1n) is 3.15. The lowest BCUT2D eigenvalue weighted by atomic mass is 10.2. The van der Waals surface area contributed by atoms with Gasteiger partial charge in [-0.15, -0.1) is 0 Å². The van der Waals surface area contributed by atoms with Crippen molar-refractivity contribution in [3.63, 3.8) is 0 Å². The second-order valence-electron chi connectivity index (χ2n) is 1.99. The first-order valence-corrected chi connectivity index (χ1v) is 3.52. The van der Waals surface area contributed by atoms with Crippen LogP contribution < -0.4 is 0 Å². The second kappa shape index (κ2) is 3.89. The standard InChI is InChI=1S/C9H4ClFO/c10-8-5-1-3-7(9(8)11)4-2-6-12/h1,3,5-6H. The smallest absolute Gasteiger partial charge is 0.193 e. The minimum Gasteiger partial charge on any atom is -0.289 e. The third-order valence-electron chi connectivity index (χ3n) is 1.22. The predicted molar refractivity (Wildman–Crippen MR) is 44.4 cm³/mol. The number of hydrogen-bond donors (Lipinski definition) is 0. The molecule has 3 heteroatoms. The van der Waals surface area contributed by atoms with E-state index in [0.717, 1.165) is 0 Å². The van der Waals surface area contributed by atoms with Crippen molar-refractivity contribution < 1.29 is 9.18 Å². The van der Waals surface area contributed by atoms with E-state index in [1.165, 1.54) is 12.1 Å². The van der Waals surface area contributed by atoms with Crippen molar-refractivity contribution in [3.05, 3.63) is 34.6 Å². The van der Waals surface area contributed by atoms with Crippen LogP contribution in [0.4, 0.5) is 4.39 Å². The molecule has 0 saturated carbocycles. The van der Waals surface area contributed by atoms with Gasteiger partial charge in [0.15, 0.2) is 12.1 Å². The zero-order valence-corrected chi connectivity index (χ0v) is 6.73. The van der Waals surface area contributed by atoms with E-state index < -0.39 is 5.82 Å². The van der Waals surface area contributed by atoms with E-state index in [-0.39, 0.29) is 10.6 Å². The summed E-state index contributed by atoms with van der Waals surface area (Å²) in [6.07, 6.45) is 0.403. The fourth-order valence-electron chi connectivity index (χ4n) is 0.708. The molecule has 0 amide bonds. The molecule has 0 fully saturated rings. The molecular weight excluding hydrogens is 179 g/mol. The van der Waals surface area contributed by atoms with Crippen LogP contribution in [-0.4, -0.2) is 6.29 Å². The monoisotopic (exact) mass is 182 g/mol. The molecule has 0 aliphatic heterocycles. The Kier molecular flexibility index (Phi) is 2.84. The molecule has 0 aliphatic rings. The van der Waals surface area contributed by atoms with Gasteiger partial charge in [0.2, 0.25) is 0 Å². The highest BCUT2D eigenvalue weighted by Gasteiger charge is 2.01. The summed E-state index contributed by atoms with van der Waals surface area (Å²) in [7, 11) is 0. The Morgan fingerprint density at radius 1 is 1.50 bits per heavy atom. The lowest BCUT2D eigenvalue weighted by Crippen LogP contribution is -1.83. The van der Waals surface area contributed by atoms with Crippen molar-refractivity contribution in [2.45, 2.75) is 0 Å². The van der Waals surface area contributed by atoms with Crippen LogP contribution in [0.25, 0.3) is 0 Å². The van der Waals surface area contributed by atoms with Gasteiger partial charge < -0.3 is 0 Å². The maximum atomic E-state index is 13.0. The number of halogens is 2. The van der Waals surface area contributed by atoms with E-state index in [9.17, 15) is 9.18 Å². The van der Waals surface area contributed by atoms with E-state index in [1.54, 1.807) is 6.07 Å². The van der Waals surface area contributed by atoms with Crippen molar-refractivity contribution in [2.24, 2.45) is 0 Å². The molecule has 1 aromatic carbocycles. The van der Waals surface area contributed by atoms with Gasteiger partial charge in [0, 0.05) is 0 Å². The van der Waals surface area contributed by atoms with Crippen molar-refractivity contribution in [2.75, 3.05) is 0 Å². The van der Waals surface area contributed by atoms with Gasteiger partial charge in [0.1, 0.15) is 0 Å². The van der Waals surface area contributed by atoms with Crippen molar-refractivity contribution in [3.8, 4) is 11.8 Å². The number of hydrogen-bond acceptors (Lipinski definition) is 1. The zero-order valence-electron chi connectivity index (χ0n) is 5.97. The Morgan fingerprint density at radius 2 is 2.25 bits per heavy atom. The van der Waals surface area contributed by atoms with Gasteiger partial charge in [0.25, 0.3) is 0 Å². The molecule has 1 rings (SSSR count). The summed E-state index contributed by atoms with van der Waals surface area (Å²) in [6.45, 7) is 0. The highest BCUT2D eigenvalue weighted by molar-refractivity contribution is 6.30. The highest BCUT2D eigenvalue weighted by atomic mass is 35.5. The molecule has 60 valence electrons. The van der Waals surface area contributed by atoms with Crippen LogP contribution >= 0.6 is 11.6 Å². The summed E-state index contributed by atoms with van der Waals surface area (Å²) in [5.74, 6) is 3.84. The molecule has 0 saturated heterocycles. The maximum absolute atomic E-state index is 13.0. The summed E-state index contributed by atoms with van der Waals surface area (Å²) in [4.78, 5) is 9.85. The molecule has 1 nitrogen and oxygen atoms in total. The van der Waals surface area contributed by atoms with Crippen molar-refractivity contribution >= 4 is 17.9 Å². The molecule has 12 heavy (non-hydrogen) atoms. The topological polar surface area (TPSA) is 17.1 Å². The van der Waals surface area contributed by atoms with Gasteiger partial charge >= 0.3 is 0 Å². The van der Waals surface area contributed by atoms with Crippen LogP contribution in [0.2, 0.25) is 5.02 Å². The summed E-state index contributed by atoms with van der Waals surface area (Å²) >= 11 is 5.46. The van der Waals surface area contributed by atoms with Crippen LogP contribution in [0.5, 0.6) is 0 Å². The average molecular weight is 183 g/mol. The molecule has 0 heterocycles. The fourth-order valence-corrected chi connectivity index (χ4v) is 0.882. The zero-order chi connectivity index (χ0) is 8.97. The van der Waals surface area contributed by atoms with E-state index in [0.29, 0.717) is 6.29 Å². The second-order valence-corrected chi connectivity index (χ2v) is 2.40. The quantitative estimate of drug-likeness (QED) is 0.443. The van der Waals surface area contributed by atoms with Crippen molar-refractivity contribution in [1.29, 1.82) is 0 Å². The van der Waals surface area contributed by atoms with E-state index >= 15 is 0 Å². The van der Waals surface area contributed by atoms with Crippen LogP contribution in [0.3, 0.4) is 0 Å². The van der Waals surface area contributed by atoms with E-state index in [2.05, 4.69) is 11.8 Å². The number of aldehydes is 1. The Morgan fingerprint density at radius 3 is 2.92 bits per heavy atom. The molecule has 0 radical (unpaired) electrons. The highest BCUT2D eigenvalue weighted by Crippen LogP contribution is 2.16. The summed E-state index contributed by atoms with van der Waals surface area (Å²) < 4.78 is 13.0. The van der Waals surface area contributed by atoms with Crippen LogP contribution in [0.15, 0.2) is 18.2 Å². The molecule has 0 unspecified atom stereocenters. The fraction of sp³-hybridized carbons (Fsp3) is 0. The summed E-state index contributed by atoms with van der Waals surface area (Å²) in [5, 5.41) is 0.00713. The normalized spacial score (nSPS) is 8.50. The van der Waals surface area contributed by atoms with Crippen LogP contribution in [0.1, 0.15) is 5.56 Å². The number of benzene rings is 1. The first-order chi connectivity index (χ1) is 5.75. The number of carbonyl (C=O) groups is 1. The van der Waals surface area contributed by atoms with E-state index in [4.69, 9.17) is 11.6 Å². The minimum atomic E-state index is -0.589. The molecular formula is C9H4ClFO. The average Bonchev–Trinajstić information content (AvgIpc) is 2.08. The Bertz CT molecular complexity index is 363. The predicted octanol–water partition coefficient (Wildman–Crippen LogP) is 2.03.